The molecular weight excluding hydrogens is 212 g/mol. The second kappa shape index (κ2) is 4.58. The van der Waals surface area contributed by atoms with Crippen molar-refractivity contribution in [1.29, 1.82) is 0 Å². The lowest BCUT2D eigenvalue weighted by Crippen LogP contribution is -2.66. The zero-order valence-electron chi connectivity index (χ0n) is 11.6. The summed E-state index contributed by atoms with van der Waals surface area (Å²) in [4.78, 5) is 7.14. The number of nitrogens with zero attached hydrogens (tertiary/aromatic N) is 2. The molecule has 0 unspecified atom stereocenters. The Morgan fingerprint density at radius 2 is 1.94 bits per heavy atom. The van der Waals surface area contributed by atoms with Crippen LogP contribution in [-0.2, 0) is 0 Å². The number of nitrogens with one attached hydrogen (secondary N) is 2. The lowest BCUT2D eigenvalue weighted by Gasteiger charge is -2.45. The van der Waals surface area contributed by atoms with Gasteiger partial charge >= 0.3 is 0 Å². The van der Waals surface area contributed by atoms with E-state index >= 15 is 0 Å². The molecule has 0 aromatic rings. The van der Waals surface area contributed by atoms with Crippen molar-refractivity contribution >= 4 is 5.84 Å². The number of aliphatic imine (C=N–C) groups is 1. The largest absolute Gasteiger partial charge is 0.368 e. The van der Waals surface area contributed by atoms with Crippen molar-refractivity contribution in [3.63, 3.8) is 0 Å². The van der Waals surface area contributed by atoms with Crippen molar-refractivity contribution in [2.75, 3.05) is 33.2 Å². The maximum absolute atomic E-state index is 4.74. The molecule has 0 radical (unpaired) electrons. The highest BCUT2D eigenvalue weighted by Gasteiger charge is 2.40. The standard InChI is InChI=1S/C13H26N4/c1-12(2,3)16-11-13(15-8-7-14-11)5-9-17(4)10-6-13/h15H,5-10H2,1-4H3,(H,14,16). The number of amidine groups is 1. The van der Waals surface area contributed by atoms with Crippen LogP contribution in [0.1, 0.15) is 33.6 Å². The van der Waals surface area contributed by atoms with Gasteiger partial charge in [-0.1, -0.05) is 0 Å². The average molecular weight is 238 g/mol. The lowest BCUT2D eigenvalue weighted by molar-refractivity contribution is 0.195. The summed E-state index contributed by atoms with van der Waals surface area (Å²) < 4.78 is 0. The van der Waals surface area contributed by atoms with E-state index in [1.54, 1.807) is 0 Å². The first-order valence-electron chi connectivity index (χ1n) is 6.68. The molecule has 0 aliphatic carbocycles. The third-order valence-electron chi connectivity index (χ3n) is 3.63. The first-order valence-corrected chi connectivity index (χ1v) is 6.68. The minimum Gasteiger partial charge on any atom is -0.368 e. The van der Waals surface area contributed by atoms with Crippen molar-refractivity contribution in [3.05, 3.63) is 0 Å². The minimum absolute atomic E-state index is 0.0915. The van der Waals surface area contributed by atoms with E-state index in [2.05, 4.69) is 43.4 Å². The van der Waals surface area contributed by atoms with Gasteiger partial charge in [0, 0.05) is 25.2 Å². The molecule has 98 valence electrons. The van der Waals surface area contributed by atoms with Crippen LogP contribution in [0, 0.1) is 0 Å². The smallest absolute Gasteiger partial charge is 0.117 e. The van der Waals surface area contributed by atoms with Gasteiger partial charge in [-0.15, -0.1) is 0 Å². The number of rotatable bonds is 0. The monoisotopic (exact) mass is 238 g/mol. The van der Waals surface area contributed by atoms with E-state index in [4.69, 9.17) is 4.99 Å². The topological polar surface area (TPSA) is 39.7 Å². The van der Waals surface area contributed by atoms with Crippen molar-refractivity contribution in [2.24, 2.45) is 4.99 Å². The first-order chi connectivity index (χ1) is 7.91. The van der Waals surface area contributed by atoms with Gasteiger partial charge in [-0.2, -0.15) is 0 Å². The van der Waals surface area contributed by atoms with Gasteiger partial charge in [0.2, 0.25) is 0 Å². The maximum atomic E-state index is 4.74. The van der Waals surface area contributed by atoms with Gasteiger partial charge in [-0.3, -0.25) is 4.99 Å². The molecule has 0 aromatic heterocycles. The van der Waals surface area contributed by atoms with Gasteiger partial charge in [0.05, 0.1) is 12.1 Å². The van der Waals surface area contributed by atoms with Gasteiger partial charge in [0.25, 0.3) is 0 Å². The summed E-state index contributed by atoms with van der Waals surface area (Å²) in [6.45, 7) is 10.8. The Bertz CT molecular complexity index is 295. The van der Waals surface area contributed by atoms with Crippen LogP contribution in [0.3, 0.4) is 0 Å². The molecule has 2 aliphatic rings. The van der Waals surface area contributed by atoms with E-state index in [1.807, 2.05) is 0 Å². The maximum Gasteiger partial charge on any atom is 0.117 e. The summed E-state index contributed by atoms with van der Waals surface area (Å²) in [5.74, 6) is 1.18. The summed E-state index contributed by atoms with van der Waals surface area (Å²) in [7, 11) is 2.20. The molecule has 4 nitrogen and oxygen atoms in total. The molecule has 1 spiro atoms. The molecule has 4 heteroatoms. The zero-order chi connectivity index (χ0) is 12.5. The van der Waals surface area contributed by atoms with Gasteiger partial charge in [0.15, 0.2) is 0 Å². The molecule has 1 saturated heterocycles. The Hall–Kier alpha value is -0.610. The van der Waals surface area contributed by atoms with Crippen LogP contribution >= 0.6 is 0 Å². The van der Waals surface area contributed by atoms with E-state index in [9.17, 15) is 0 Å². The predicted molar refractivity (Wildman–Crippen MR) is 72.7 cm³/mol. The Balaban J connectivity index is 2.14. The molecular formula is C13H26N4. The molecule has 2 aliphatic heterocycles. The summed E-state index contributed by atoms with van der Waals surface area (Å²) in [5.41, 5.74) is 0.201. The van der Waals surface area contributed by atoms with Crippen LogP contribution < -0.4 is 10.6 Å². The van der Waals surface area contributed by atoms with Gasteiger partial charge in [-0.25, -0.2) is 0 Å². The molecule has 0 amide bonds. The Kier molecular flexibility index (Phi) is 3.46. The highest BCUT2D eigenvalue weighted by molar-refractivity contribution is 5.92. The van der Waals surface area contributed by atoms with Gasteiger partial charge < -0.3 is 15.5 Å². The van der Waals surface area contributed by atoms with Crippen LogP contribution in [0.5, 0.6) is 0 Å². The fourth-order valence-corrected chi connectivity index (χ4v) is 2.63. The molecule has 17 heavy (non-hydrogen) atoms. The SMILES string of the molecule is CN1CCC2(CC1)NCCN=C2NC(C)(C)C. The second-order valence-electron chi connectivity index (χ2n) is 6.42. The molecule has 0 atom stereocenters. The zero-order valence-corrected chi connectivity index (χ0v) is 11.6. The average Bonchev–Trinajstić information content (AvgIpc) is 2.24. The van der Waals surface area contributed by atoms with Crippen molar-refractivity contribution in [1.82, 2.24) is 15.5 Å². The minimum atomic E-state index is 0.0915. The quantitative estimate of drug-likeness (QED) is 0.657. The predicted octanol–water partition coefficient (Wildman–Crippen LogP) is 0.841. The Morgan fingerprint density at radius 1 is 1.29 bits per heavy atom. The molecule has 2 rings (SSSR count). The molecule has 0 saturated carbocycles. The summed E-state index contributed by atoms with van der Waals surface area (Å²) in [6, 6.07) is 0. The van der Waals surface area contributed by atoms with Gasteiger partial charge in [0.1, 0.15) is 5.84 Å². The molecule has 2 N–H and O–H groups in total. The number of hydrogen-bond donors (Lipinski definition) is 2. The van der Waals surface area contributed by atoms with Crippen LogP contribution in [-0.4, -0.2) is 55.0 Å². The van der Waals surface area contributed by atoms with E-state index in [1.165, 1.54) is 5.84 Å². The van der Waals surface area contributed by atoms with Crippen molar-refractivity contribution in [3.8, 4) is 0 Å². The number of piperidine rings is 1. The third-order valence-corrected chi connectivity index (χ3v) is 3.63. The molecule has 0 bridgehead atoms. The van der Waals surface area contributed by atoms with Crippen molar-refractivity contribution in [2.45, 2.75) is 44.7 Å². The lowest BCUT2D eigenvalue weighted by atomic mass is 9.84. The Labute approximate surface area is 105 Å². The highest BCUT2D eigenvalue weighted by atomic mass is 15.2. The fraction of sp³-hybridized carbons (Fsp3) is 0.923. The fourth-order valence-electron chi connectivity index (χ4n) is 2.63. The second-order valence-corrected chi connectivity index (χ2v) is 6.42. The highest BCUT2D eigenvalue weighted by Crippen LogP contribution is 2.25. The Morgan fingerprint density at radius 3 is 2.53 bits per heavy atom. The van der Waals surface area contributed by atoms with Crippen molar-refractivity contribution < 1.29 is 0 Å². The molecule has 0 aromatic carbocycles. The van der Waals surface area contributed by atoms with Crippen LogP contribution in [0.25, 0.3) is 0 Å². The van der Waals surface area contributed by atoms with E-state index < -0.39 is 0 Å². The summed E-state index contributed by atoms with van der Waals surface area (Å²) >= 11 is 0. The van der Waals surface area contributed by atoms with Gasteiger partial charge in [-0.05, 0) is 40.7 Å². The normalized spacial score (nSPS) is 25.8. The van der Waals surface area contributed by atoms with Crippen LogP contribution in [0.15, 0.2) is 4.99 Å². The number of hydrogen-bond acceptors (Lipinski definition) is 4. The first kappa shape index (κ1) is 12.8. The van der Waals surface area contributed by atoms with Crippen LogP contribution in [0.4, 0.5) is 0 Å². The van der Waals surface area contributed by atoms with E-state index in [0.29, 0.717) is 0 Å². The summed E-state index contributed by atoms with van der Waals surface area (Å²) in [5, 5.41) is 7.31. The third kappa shape index (κ3) is 2.99. The van der Waals surface area contributed by atoms with E-state index in [-0.39, 0.29) is 11.1 Å². The molecule has 1 fully saturated rings. The van der Waals surface area contributed by atoms with E-state index in [0.717, 1.165) is 39.0 Å². The van der Waals surface area contributed by atoms with Crippen LogP contribution in [0.2, 0.25) is 0 Å². The number of likely N-dealkylation sites (tertiary alicyclic amines) is 1. The molecule has 2 heterocycles. The summed E-state index contributed by atoms with van der Waals surface area (Å²) in [6.07, 6.45) is 2.32.